The van der Waals surface area contributed by atoms with E-state index in [2.05, 4.69) is 38.0 Å². The molecule has 1 aromatic heterocycles. The van der Waals surface area contributed by atoms with Crippen molar-refractivity contribution >= 4 is 5.82 Å². The lowest BCUT2D eigenvalue weighted by molar-refractivity contribution is -0.0106. The Morgan fingerprint density at radius 1 is 1.42 bits per heavy atom. The number of hydrogen-bond acceptors (Lipinski definition) is 4. The van der Waals surface area contributed by atoms with E-state index in [4.69, 9.17) is 10.5 Å². The SMILES string of the molecule is CCNC(Cc1cccnc1N)C(OC)C(C)(C)C. The first-order valence-corrected chi connectivity index (χ1v) is 6.85. The van der Waals surface area contributed by atoms with Crippen LogP contribution in [-0.2, 0) is 11.2 Å². The fourth-order valence-electron chi connectivity index (χ4n) is 2.53. The van der Waals surface area contributed by atoms with Crippen LogP contribution in [0.2, 0.25) is 0 Å². The zero-order valence-electron chi connectivity index (χ0n) is 12.7. The second-order valence-corrected chi connectivity index (χ2v) is 5.94. The van der Waals surface area contributed by atoms with E-state index in [1.165, 1.54) is 0 Å². The fraction of sp³-hybridized carbons (Fsp3) is 0.667. The molecule has 1 rings (SSSR count). The van der Waals surface area contributed by atoms with Crippen molar-refractivity contribution in [3.8, 4) is 0 Å². The van der Waals surface area contributed by atoms with Gasteiger partial charge in [-0.15, -0.1) is 0 Å². The van der Waals surface area contributed by atoms with E-state index in [1.54, 1.807) is 13.3 Å². The number of aromatic nitrogens is 1. The molecule has 3 N–H and O–H groups in total. The quantitative estimate of drug-likeness (QED) is 0.828. The lowest BCUT2D eigenvalue weighted by atomic mass is 9.82. The maximum absolute atomic E-state index is 5.94. The molecule has 0 bridgehead atoms. The van der Waals surface area contributed by atoms with E-state index in [9.17, 15) is 0 Å². The molecule has 0 aliphatic rings. The number of nitrogens with two attached hydrogens (primary N) is 1. The molecule has 4 heteroatoms. The molecule has 0 amide bonds. The van der Waals surface area contributed by atoms with Gasteiger partial charge in [-0.1, -0.05) is 33.8 Å². The fourth-order valence-corrected chi connectivity index (χ4v) is 2.53. The van der Waals surface area contributed by atoms with Crippen LogP contribution in [0, 0.1) is 5.41 Å². The smallest absolute Gasteiger partial charge is 0.126 e. The van der Waals surface area contributed by atoms with Crippen molar-refractivity contribution < 1.29 is 4.74 Å². The maximum atomic E-state index is 5.94. The molecule has 0 saturated heterocycles. The summed E-state index contributed by atoms with van der Waals surface area (Å²) in [4.78, 5) is 4.15. The number of nitrogen functional groups attached to an aromatic ring is 1. The van der Waals surface area contributed by atoms with Crippen LogP contribution >= 0.6 is 0 Å². The third kappa shape index (κ3) is 4.48. The van der Waals surface area contributed by atoms with Gasteiger partial charge in [0, 0.05) is 19.3 Å². The highest BCUT2D eigenvalue weighted by atomic mass is 16.5. The molecular weight excluding hydrogens is 238 g/mol. The lowest BCUT2D eigenvalue weighted by Crippen LogP contribution is -2.49. The van der Waals surface area contributed by atoms with Crippen molar-refractivity contribution in [2.75, 3.05) is 19.4 Å². The first-order valence-electron chi connectivity index (χ1n) is 6.85. The van der Waals surface area contributed by atoms with E-state index in [-0.39, 0.29) is 17.6 Å². The molecule has 1 heterocycles. The summed E-state index contributed by atoms with van der Waals surface area (Å²) in [7, 11) is 1.77. The lowest BCUT2D eigenvalue weighted by Gasteiger charge is -2.36. The van der Waals surface area contributed by atoms with Crippen molar-refractivity contribution in [3.63, 3.8) is 0 Å². The summed E-state index contributed by atoms with van der Waals surface area (Å²) in [5.41, 5.74) is 7.07. The molecule has 0 saturated carbocycles. The summed E-state index contributed by atoms with van der Waals surface area (Å²) in [5, 5.41) is 3.51. The molecule has 2 unspecified atom stereocenters. The third-order valence-electron chi connectivity index (χ3n) is 3.31. The molecular formula is C15H27N3O. The van der Waals surface area contributed by atoms with Crippen LogP contribution in [0.15, 0.2) is 18.3 Å². The van der Waals surface area contributed by atoms with Gasteiger partial charge in [0.25, 0.3) is 0 Å². The van der Waals surface area contributed by atoms with Crippen molar-refractivity contribution in [1.82, 2.24) is 10.3 Å². The largest absolute Gasteiger partial charge is 0.383 e. The highest BCUT2D eigenvalue weighted by Gasteiger charge is 2.32. The molecule has 2 atom stereocenters. The molecule has 19 heavy (non-hydrogen) atoms. The zero-order valence-corrected chi connectivity index (χ0v) is 12.7. The van der Waals surface area contributed by atoms with E-state index >= 15 is 0 Å². The van der Waals surface area contributed by atoms with Gasteiger partial charge in [-0.25, -0.2) is 4.98 Å². The summed E-state index contributed by atoms with van der Waals surface area (Å²) in [6, 6.07) is 4.18. The Morgan fingerprint density at radius 2 is 2.11 bits per heavy atom. The number of nitrogens with zero attached hydrogens (tertiary/aromatic N) is 1. The Labute approximate surface area is 116 Å². The van der Waals surface area contributed by atoms with Crippen LogP contribution < -0.4 is 11.1 Å². The molecule has 0 spiro atoms. The normalized spacial score (nSPS) is 15.2. The van der Waals surface area contributed by atoms with E-state index in [1.807, 2.05) is 12.1 Å². The van der Waals surface area contributed by atoms with Crippen molar-refractivity contribution in [1.29, 1.82) is 0 Å². The van der Waals surface area contributed by atoms with Crippen LogP contribution in [0.5, 0.6) is 0 Å². The van der Waals surface area contributed by atoms with Gasteiger partial charge in [0.2, 0.25) is 0 Å². The average molecular weight is 265 g/mol. The molecule has 0 radical (unpaired) electrons. The van der Waals surface area contributed by atoms with Crippen LogP contribution in [0.3, 0.4) is 0 Å². The van der Waals surface area contributed by atoms with Gasteiger partial charge < -0.3 is 15.8 Å². The summed E-state index contributed by atoms with van der Waals surface area (Å²) >= 11 is 0. The molecule has 4 nitrogen and oxygen atoms in total. The Balaban J connectivity index is 2.91. The molecule has 1 aromatic rings. The Kier molecular flexibility index (Phi) is 5.76. The van der Waals surface area contributed by atoms with E-state index in [0.29, 0.717) is 5.82 Å². The highest BCUT2D eigenvalue weighted by Crippen LogP contribution is 2.26. The predicted molar refractivity (Wildman–Crippen MR) is 80.1 cm³/mol. The first kappa shape index (κ1) is 15.9. The molecule has 108 valence electrons. The number of likely N-dealkylation sites (N-methyl/N-ethyl adjacent to an activating group) is 1. The minimum Gasteiger partial charge on any atom is -0.383 e. The number of ether oxygens (including phenoxy) is 1. The van der Waals surface area contributed by atoms with Gasteiger partial charge in [0.1, 0.15) is 5.82 Å². The van der Waals surface area contributed by atoms with Gasteiger partial charge >= 0.3 is 0 Å². The Hall–Kier alpha value is -1.13. The van der Waals surface area contributed by atoms with Crippen molar-refractivity contribution in [3.05, 3.63) is 23.9 Å². The Bertz CT molecular complexity index is 387. The average Bonchev–Trinajstić information content (AvgIpc) is 2.31. The topological polar surface area (TPSA) is 60.2 Å². The summed E-state index contributed by atoms with van der Waals surface area (Å²) < 4.78 is 5.72. The summed E-state index contributed by atoms with van der Waals surface area (Å²) in [6.07, 6.45) is 2.66. The number of anilines is 1. The number of pyridine rings is 1. The van der Waals surface area contributed by atoms with Gasteiger partial charge in [0.05, 0.1) is 6.10 Å². The maximum Gasteiger partial charge on any atom is 0.126 e. The second kappa shape index (κ2) is 6.87. The minimum atomic E-state index is 0.0680. The molecule has 0 aliphatic heterocycles. The third-order valence-corrected chi connectivity index (χ3v) is 3.31. The number of hydrogen-bond donors (Lipinski definition) is 2. The highest BCUT2D eigenvalue weighted by molar-refractivity contribution is 5.39. The van der Waals surface area contributed by atoms with Crippen molar-refractivity contribution in [2.24, 2.45) is 5.41 Å². The predicted octanol–water partition coefficient (Wildman–Crippen LogP) is 2.25. The van der Waals surface area contributed by atoms with Crippen LogP contribution in [-0.4, -0.2) is 30.8 Å². The minimum absolute atomic E-state index is 0.0680. The monoisotopic (exact) mass is 265 g/mol. The van der Waals surface area contributed by atoms with Gasteiger partial charge in [-0.05, 0) is 30.0 Å². The molecule has 0 aromatic carbocycles. The zero-order chi connectivity index (χ0) is 14.5. The van der Waals surface area contributed by atoms with Crippen molar-refractivity contribution in [2.45, 2.75) is 46.3 Å². The molecule has 0 aliphatic carbocycles. The summed E-state index contributed by atoms with van der Waals surface area (Å²) in [5.74, 6) is 0.606. The van der Waals surface area contributed by atoms with Crippen LogP contribution in [0.25, 0.3) is 0 Å². The van der Waals surface area contributed by atoms with Gasteiger partial charge in [-0.3, -0.25) is 0 Å². The standard InChI is InChI=1S/C15H27N3O/c1-6-17-12(13(19-5)15(2,3)4)10-11-8-7-9-18-14(11)16/h7-9,12-13,17H,6,10H2,1-5H3,(H2,16,18). The van der Waals surface area contributed by atoms with Gasteiger partial charge in [0.15, 0.2) is 0 Å². The van der Waals surface area contributed by atoms with Crippen LogP contribution in [0.1, 0.15) is 33.3 Å². The van der Waals surface area contributed by atoms with E-state index < -0.39 is 0 Å². The molecule has 0 fully saturated rings. The van der Waals surface area contributed by atoms with Crippen LogP contribution in [0.4, 0.5) is 5.82 Å². The van der Waals surface area contributed by atoms with E-state index in [0.717, 1.165) is 18.5 Å². The number of nitrogens with one attached hydrogen (secondary N) is 1. The first-order chi connectivity index (χ1) is 8.90. The second-order valence-electron chi connectivity index (χ2n) is 5.94. The number of methoxy groups -OCH3 is 1. The van der Waals surface area contributed by atoms with Gasteiger partial charge in [-0.2, -0.15) is 0 Å². The number of rotatable bonds is 6. The summed E-state index contributed by atoms with van der Waals surface area (Å²) in [6.45, 7) is 9.59. The Morgan fingerprint density at radius 3 is 2.58 bits per heavy atom.